The van der Waals surface area contributed by atoms with E-state index in [1.165, 1.54) is 0 Å². The van der Waals surface area contributed by atoms with E-state index in [9.17, 15) is 8.78 Å². The van der Waals surface area contributed by atoms with Gasteiger partial charge in [0.05, 0.1) is 6.61 Å². The van der Waals surface area contributed by atoms with Crippen molar-refractivity contribution in [1.82, 2.24) is 5.32 Å². The van der Waals surface area contributed by atoms with Gasteiger partial charge in [-0.25, -0.2) is 0 Å². The molecule has 1 N–H and O–H groups in total. The second kappa shape index (κ2) is 6.89. The fraction of sp³-hybridized carbons (Fsp3) is 1.00. The highest BCUT2D eigenvalue weighted by molar-refractivity contribution is 4.42. The van der Waals surface area contributed by atoms with Crippen LogP contribution in [0, 0.1) is 0 Å². The monoisotopic (exact) mass is 153 g/mol. The molecule has 10 heavy (non-hydrogen) atoms. The lowest BCUT2D eigenvalue weighted by molar-refractivity contribution is -0.127. The van der Waals surface area contributed by atoms with Crippen LogP contribution in [0.15, 0.2) is 0 Å². The van der Waals surface area contributed by atoms with Crippen molar-refractivity contribution in [2.24, 2.45) is 0 Å². The van der Waals surface area contributed by atoms with Crippen LogP contribution in [0.25, 0.3) is 0 Å². The van der Waals surface area contributed by atoms with Crippen LogP contribution in [0.3, 0.4) is 0 Å². The number of hydrogen-bond donors (Lipinski definition) is 1. The van der Waals surface area contributed by atoms with Gasteiger partial charge in [0.15, 0.2) is 0 Å². The average molecular weight is 153 g/mol. The minimum atomic E-state index is -2.64. The highest BCUT2D eigenvalue weighted by Gasteiger charge is 1.98. The van der Waals surface area contributed by atoms with Crippen LogP contribution in [0.2, 0.25) is 0 Å². The van der Waals surface area contributed by atoms with E-state index in [1.807, 2.05) is 6.92 Å². The number of hydrogen-bond acceptors (Lipinski definition) is 2. The van der Waals surface area contributed by atoms with Gasteiger partial charge >= 0.3 is 6.61 Å². The summed E-state index contributed by atoms with van der Waals surface area (Å²) in [5.74, 6) is 0. The summed E-state index contributed by atoms with van der Waals surface area (Å²) in [6.07, 6.45) is 1.01. The van der Waals surface area contributed by atoms with Crippen molar-refractivity contribution in [3.63, 3.8) is 0 Å². The zero-order chi connectivity index (χ0) is 7.82. The molecule has 0 aliphatic carbocycles. The maximum atomic E-state index is 11.3. The molecule has 0 aliphatic heterocycles. The lowest BCUT2D eigenvalue weighted by Gasteiger charge is -2.02. The van der Waals surface area contributed by atoms with Gasteiger partial charge in [-0.05, 0) is 13.0 Å². The van der Waals surface area contributed by atoms with Gasteiger partial charge in [0.1, 0.15) is 0 Å². The van der Waals surface area contributed by atoms with Gasteiger partial charge in [-0.1, -0.05) is 6.92 Å². The topological polar surface area (TPSA) is 21.3 Å². The third-order valence-electron chi connectivity index (χ3n) is 0.949. The molecule has 0 amide bonds. The Balaban J connectivity index is 2.77. The van der Waals surface area contributed by atoms with Gasteiger partial charge in [0, 0.05) is 6.54 Å². The van der Waals surface area contributed by atoms with E-state index < -0.39 is 6.61 Å². The van der Waals surface area contributed by atoms with Crippen LogP contribution in [0.5, 0.6) is 0 Å². The number of rotatable bonds is 6. The standard InChI is InChI=1S/C6H13F2NO/c1-2-3-9-4-5-10-6(7)8/h6,9H,2-5H2,1H3. The quantitative estimate of drug-likeness (QED) is 0.579. The van der Waals surface area contributed by atoms with Gasteiger partial charge in [-0.2, -0.15) is 8.78 Å². The van der Waals surface area contributed by atoms with Crippen molar-refractivity contribution in [2.45, 2.75) is 20.0 Å². The highest BCUT2D eigenvalue weighted by Crippen LogP contribution is 1.91. The number of halogens is 2. The molecule has 0 aromatic heterocycles. The van der Waals surface area contributed by atoms with Gasteiger partial charge in [0.2, 0.25) is 0 Å². The SMILES string of the molecule is CCCNCCOC(F)F. The Labute approximate surface area is 59.6 Å². The Kier molecular flexibility index (Phi) is 6.74. The molecule has 0 fully saturated rings. The maximum absolute atomic E-state index is 11.3. The fourth-order valence-corrected chi connectivity index (χ4v) is 0.522. The van der Waals surface area contributed by atoms with E-state index in [-0.39, 0.29) is 6.61 Å². The zero-order valence-electron chi connectivity index (χ0n) is 6.07. The largest absolute Gasteiger partial charge is 0.345 e. The second-order valence-corrected chi connectivity index (χ2v) is 1.88. The van der Waals surface area contributed by atoms with E-state index >= 15 is 0 Å². The Hall–Kier alpha value is -0.220. The van der Waals surface area contributed by atoms with Crippen LogP contribution >= 0.6 is 0 Å². The van der Waals surface area contributed by atoms with Crippen LogP contribution in [0.1, 0.15) is 13.3 Å². The molecule has 2 nitrogen and oxygen atoms in total. The van der Waals surface area contributed by atoms with Crippen LogP contribution in [-0.4, -0.2) is 26.3 Å². The molecule has 0 aromatic rings. The van der Waals surface area contributed by atoms with Gasteiger partial charge in [0.25, 0.3) is 0 Å². The Morgan fingerprint density at radius 2 is 2.10 bits per heavy atom. The summed E-state index contributed by atoms with van der Waals surface area (Å²) in [6.45, 7) is 0.812. The summed E-state index contributed by atoms with van der Waals surface area (Å²) >= 11 is 0. The van der Waals surface area contributed by atoms with Gasteiger partial charge in [-0.3, -0.25) is 0 Å². The highest BCUT2D eigenvalue weighted by atomic mass is 19.3. The zero-order valence-corrected chi connectivity index (χ0v) is 6.07. The van der Waals surface area contributed by atoms with Crippen molar-refractivity contribution in [2.75, 3.05) is 19.7 Å². The van der Waals surface area contributed by atoms with E-state index in [1.54, 1.807) is 0 Å². The summed E-state index contributed by atoms with van der Waals surface area (Å²) in [5.41, 5.74) is 0. The molecule has 0 heterocycles. The van der Waals surface area contributed by atoms with Crippen molar-refractivity contribution < 1.29 is 13.5 Å². The Morgan fingerprint density at radius 3 is 2.60 bits per heavy atom. The first kappa shape index (κ1) is 9.78. The maximum Gasteiger partial charge on any atom is 0.345 e. The third-order valence-corrected chi connectivity index (χ3v) is 0.949. The third kappa shape index (κ3) is 7.78. The van der Waals surface area contributed by atoms with Crippen molar-refractivity contribution >= 4 is 0 Å². The minimum absolute atomic E-state index is 0.0810. The lowest BCUT2D eigenvalue weighted by atomic mass is 10.5. The molecule has 4 heteroatoms. The summed E-state index contributed by atoms with van der Waals surface area (Å²) in [6, 6.07) is 0. The molecule has 0 unspecified atom stereocenters. The molecule has 0 aliphatic rings. The molecule has 0 bridgehead atoms. The Morgan fingerprint density at radius 1 is 1.40 bits per heavy atom. The van der Waals surface area contributed by atoms with Crippen molar-refractivity contribution in [3.8, 4) is 0 Å². The second-order valence-electron chi connectivity index (χ2n) is 1.88. The molecule has 0 saturated carbocycles. The van der Waals surface area contributed by atoms with E-state index in [4.69, 9.17) is 0 Å². The smallest absolute Gasteiger partial charge is 0.322 e. The summed E-state index contributed by atoms with van der Waals surface area (Å²) in [7, 11) is 0. The molecule has 0 atom stereocenters. The molecule has 0 radical (unpaired) electrons. The van der Waals surface area contributed by atoms with Gasteiger partial charge in [-0.15, -0.1) is 0 Å². The predicted molar refractivity (Wildman–Crippen MR) is 35.1 cm³/mol. The number of nitrogens with one attached hydrogen (secondary N) is 1. The van der Waals surface area contributed by atoms with Crippen LogP contribution in [-0.2, 0) is 4.74 Å². The number of alkyl halides is 2. The predicted octanol–water partition coefficient (Wildman–Crippen LogP) is 1.23. The summed E-state index contributed by atoms with van der Waals surface area (Å²) in [5, 5.41) is 2.93. The molecule has 0 saturated heterocycles. The molecular weight excluding hydrogens is 140 g/mol. The first-order valence-electron chi connectivity index (χ1n) is 3.38. The molecule has 0 aromatic carbocycles. The molecule has 0 rings (SSSR count). The van der Waals surface area contributed by atoms with Gasteiger partial charge < -0.3 is 10.1 Å². The lowest BCUT2D eigenvalue weighted by Crippen LogP contribution is -2.21. The number of ether oxygens (including phenoxy) is 1. The fourth-order valence-electron chi connectivity index (χ4n) is 0.522. The normalized spacial score (nSPS) is 10.8. The first-order chi connectivity index (χ1) is 4.77. The van der Waals surface area contributed by atoms with E-state index in [0.29, 0.717) is 6.54 Å². The van der Waals surface area contributed by atoms with Crippen molar-refractivity contribution in [1.29, 1.82) is 0 Å². The van der Waals surface area contributed by atoms with E-state index in [2.05, 4.69) is 10.1 Å². The van der Waals surface area contributed by atoms with Crippen molar-refractivity contribution in [3.05, 3.63) is 0 Å². The van der Waals surface area contributed by atoms with Crippen LogP contribution in [0.4, 0.5) is 8.78 Å². The minimum Gasteiger partial charge on any atom is -0.322 e. The summed E-state index contributed by atoms with van der Waals surface area (Å²) in [4.78, 5) is 0. The first-order valence-corrected chi connectivity index (χ1v) is 3.38. The Bertz CT molecular complexity index is 70.8. The molecule has 0 spiro atoms. The van der Waals surface area contributed by atoms with E-state index in [0.717, 1.165) is 13.0 Å². The average Bonchev–Trinajstić information content (AvgIpc) is 1.87. The van der Waals surface area contributed by atoms with Crippen LogP contribution < -0.4 is 5.32 Å². The summed E-state index contributed by atoms with van der Waals surface area (Å²) < 4.78 is 26.6. The molecular formula is C6H13F2NO. The molecule has 62 valence electrons.